The summed E-state index contributed by atoms with van der Waals surface area (Å²) in [5.74, 6) is -0.377. The maximum absolute atomic E-state index is 12.0. The van der Waals surface area contributed by atoms with Crippen LogP contribution in [0.3, 0.4) is 0 Å². The lowest BCUT2D eigenvalue weighted by atomic mass is 10.0. The predicted octanol–water partition coefficient (Wildman–Crippen LogP) is 2.36. The number of carbonyl (C=O) groups excluding carboxylic acids is 1. The van der Waals surface area contributed by atoms with Crippen LogP contribution in [0.2, 0.25) is 0 Å². The van der Waals surface area contributed by atoms with Gasteiger partial charge in [-0.15, -0.1) is 0 Å². The predicted molar refractivity (Wildman–Crippen MR) is 79.0 cm³/mol. The van der Waals surface area contributed by atoms with Gasteiger partial charge in [-0.3, -0.25) is 4.79 Å². The van der Waals surface area contributed by atoms with Crippen LogP contribution in [0.1, 0.15) is 23.6 Å². The minimum absolute atomic E-state index is 0.0988. The van der Waals surface area contributed by atoms with Crippen molar-refractivity contribution in [3.8, 4) is 6.07 Å². The molecule has 4 nitrogen and oxygen atoms in total. The summed E-state index contributed by atoms with van der Waals surface area (Å²) in [7, 11) is 1.57. The number of hydrogen-bond acceptors (Lipinski definition) is 3. The van der Waals surface area contributed by atoms with Crippen molar-refractivity contribution in [2.24, 2.45) is 0 Å². The number of nitriles is 1. The second-order valence-corrected chi connectivity index (χ2v) is 4.79. The van der Waals surface area contributed by atoms with Crippen molar-refractivity contribution in [3.63, 3.8) is 0 Å². The van der Waals surface area contributed by atoms with E-state index in [1.54, 1.807) is 13.2 Å². The lowest BCUT2D eigenvalue weighted by molar-refractivity contribution is -0.117. The average Bonchev–Trinajstić information content (AvgIpc) is 2.40. The van der Waals surface area contributed by atoms with Gasteiger partial charge in [0.25, 0.3) is 5.91 Å². The second kappa shape index (κ2) is 7.46. The summed E-state index contributed by atoms with van der Waals surface area (Å²) in [6.07, 6.45) is 1.62. The molecule has 0 saturated carbocycles. The Bertz CT molecular complexity index is 556. The van der Waals surface area contributed by atoms with Crippen LogP contribution in [-0.4, -0.2) is 25.7 Å². The number of amides is 1. The van der Waals surface area contributed by atoms with E-state index < -0.39 is 0 Å². The highest BCUT2D eigenvalue weighted by Gasteiger charge is 2.12. The molecule has 0 aromatic heterocycles. The Kier molecular flexibility index (Phi) is 5.95. The average molecular weight is 272 g/mol. The first-order chi connectivity index (χ1) is 9.49. The summed E-state index contributed by atoms with van der Waals surface area (Å²) >= 11 is 0. The molecule has 0 aliphatic carbocycles. The van der Waals surface area contributed by atoms with Crippen LogP contribution in [0.15, 0.2) is 23.8 Å². The zero-order valence-corrected chi connectivity index (χ0v) is 12.4. The van der Waals surface area contributed by atoms with Crippen molar-refractivity contribution in [1.29, 1.82) is 5.26 Å². The number of aryl methyl sites for hydroxylation is 1. The number of nitrogens with one attached hydrogen (secondary N) is 1. The molecule has 0 spiro atoms. The van der Waals surface area contributed by atoms with E-state index in [9.17, 15) is 4.79 Å². The van der Waals surface area contributed by atoms with Crippen molar-refractivity contribution in [2.75, 3.05) is 13.7 Å². The summed E-state index contributed by atoms with van der Waals surface area (Å²) < 4.78 is 4.95. The number of benzene rings is 1. The van der Waals surface area contributed by atoms with Gasteiger partial charge in [0.2, 0.25) is 0 Å². The fourth-order valence-electron chi connectivity index (χ4n) is 1.83. The molecule has 0 bridgehead atoms. The molecule has 0 fully saturated rings. The molecule has 1 aromatic rings. The van der Waals surface area contributed by atoms with E-state index in [1.807, 2.05) is 45.0 Å². The van der Waals surface area contributed by atoms with E-state index >= 15 is 0 Å². The van der Waals surface area contributed by atoms with E-state index in [4.69, 9.17) is 10.00 Å². The van der Waals surface area contributed by atoms with E-state index in [0.29, 0.717) is 6.61 Å². The number of nitrogens with zero attached hydrogens (tertiary/aromatic N) is 1. The molecule has 4 heteroatoms. The molecular formula is C16H20N2O2. The zero-order chi connectivity index (χ0) is 15.1. The van der Waals surface area contributed by atoms with E-state index in [2.05, 4.69) is 5.32 Å². The first-order valence-corrected chi connectivity index (χ1v) is 6.47. The van der Waals surface area contributed by atoms with Gasteiger partial charge in [0.15, 0.2) is 0 Å². The van der Waals surface area contributed by atoms with Crippen LogP contribution in [-0.2, 0) is 9.53 Å². The van der Waals surface area contributed by atoms with Gasteiger partial charge in [0, 0.05) is 13.2 Å². The molecular weight excluding hydrogens is 252 g/mol. The molecule has 0 radical (unpaired) electrons. The molecule has 0 heterocycles. The fourth-order valence-corrected chi connectivity index (χ4v) is 1.83. The first kappa shape index (κ1) is 15.9. The molecule has 1 atom stereocenters. The van der Waals surface area contributed by atoms with Crippen LogP contribution < -0.4 is 5.32 Å². The summed E-state index contributed by atoms with van der Waals surface area (Å²) in [4.78, 5) is 12.0. The molecule has 1 amide bonds. The lowest BCUT2D eigenvalue weighted by Gasteiger charge is -2.12. The molecule has 1 rings (SSSR count). The Morgan fingerprint density at radius 3 is 2.80 bits per heavy atom. The Balaban J connectivity index is 2.96. The summed E-state index contributed by atoms with van der Waals surface area (Å²) in [6.45, 7) is 6.21. The van der Waals surface area contributed by atoms with Crippen LogP contribution >= 0.6 is 0 Å². The summed E-state index contributed by atoms with van der Waals surface area (Å²) in [5, 5.41) is 11.9. The minimum Gasteiger partial charge on any atom is -0.383 e. The molecule has 1 unspecified atom stereocenters. The van der Waals surface area contributed by atoms with Gasteiger partial charge in [-0.2, -0.15) is 5.26 Å². The van der Waals surface area contributed by atoms with E-state index in [1.165, 1.54) is 0 Å². The Morgan fingerprint density at radius 1 is 1.50 bits per heavy atom. The minimum atomic E-state index is -0.377. The standard InChI is InChI=1S/C16H20N2O2/c1-11-6-5-7-14(13(11)3)8-15(9-17)16(19)18-12(2)10-20-4/h5-8,12H,10H2,1-4H3,(H,18,19). The van der Waals surface area contributed by atoms with Crippen LogP contribution in [0.25, 0.3) is 6.08 Å². The van der Waals surface area contributed by atoms with Crippen LogP contribution in [0, 0.1) is 25.2 Å². The highest BCUT2D eigenvalue weighted by atomic mass is 16.5. The highest BCUT2D eigenvalue weighted by Crippen LogP contribution is 2.16. The molecule has 20 heavy (non-hydrogen) atoms. The topological polar surface area (TPSA) is 62.1 Å². The van der Waals surface area contributed by atoms with Gasteiger partial charge in [0.1, 0.15) is 11.6 Å². The number of rotatable bonds is 5. The number of methoxy groups -OCH3 is 1. The maximum atomic E-state index is 12.0. The third-order valence-corrected chi connectivity index (χ3v) is 3.11. The number of ether oxygens (including phenoxy) is 1. The largest absolute Gasteiger partial charge is 0.383 e. The Morgan fingerprint density at radius 2 is 2.20 bits per heavy atom. The quantitative estimate of drug-likeness (QED) is 0.661. The highest BCUT2D eigenvalue weighted by molar-refractivity contribution is 6.02. The molecule has 1 aromatic carbocycles. The van der Waals surface area contributed by atoms with Crippen molar-refractivity contribution in [2.45, 2.75) is 26.8 Å². The Labute approximate surface area is 120 Å². The van der Waals surface area contributed by atoms with Gasteiger partial charge in [0.05, 0.1) is 6.61 Å². The van der Waals surface area contributed by atoms with E-state index in [-0.39, 0.29) is 17.5 Å². The monoisotopic (exact) mass is 272 g/mol. The lowest BCUT2D eigenvalue weighted by Crippen LogP contribution is -2.36. The third-order valence-electron chi connectivity index (χ3n) is 3.11. The second-order valence-electron chi connectivity index (χ2n) is 4.79. The molecule has 0 saturated heterocycles. The first-order valence-electron chi connectivity index (χ1n) is 6.47. The molecule has 1 N–H and O–H groups in total. The van der Waals surface area contributed by atoms with Crippen LogP contribution in [0.4, 0.5) is 0 Å². The van der Waals surface area contributed by atoms with Gasteiger partial charge in [-0.05, 0) is 43.5 Å². The van der Waals surface area contributed by atoms with Gasteiger partial charge in [-0.25, -0.2) is 0 Å². The summed E-state index contributed by atoms with van der Waals surface area (Å²) in [6, 6.07) is 7.62. The number of carbonyl (C=O) groups is 1. The smallest absolute Gasteiger partial charge is 0.262 e. The normalized spacial score (nSPS) is 12.7. The molecule has 106 valence electrons. The van der Waals surface area contributed by atoms with Crippen molar-refractivity contribution in [3.05, 3.63) is 40.5 Å². The number of hydrogen-bond donors (Lipinski definition) is 1. The van der Waals surface area contributed by atoms with Gasteiger partial charge in [-0.1, -0.05) is 18.2 Å². The van der Waals surface area contributed by atoms with Gasteiger partial charge >= 0.3 is 0 Å². The van der Waals surface area contributed by atoms with E-state index in [0.717, 1.165) is 16.7 Å². The zero-order valence-electron chi connectivity index (χ0n) is 12.4. The molecule has 0 aliphatic heterocycles. The van der Waals surface area contributed by atoms with Crippen molar-refractivity contribution in [1.82, 2.24) is 5.32 Å². The van der Waals surface area contributed by atoms with Crippen molar-refractivity contribution < 1.29 is 9.53 Å². The van der Waals surface area contributed by atoms with Crippen molar-refractivity contribution >= 4 is 12.0 Å². The fraction of sp³-hybridized carbons (Fsp3) is 0.375. The molecule has 0 aliphatic rings. The maximum Gasteiger partial charge on any atom is 0.262 e. The SMILES string of the molecule is COCC(C)NC(=O)C(C#N)=Cc1cccc(C)c1C. The summed E-state index contributed by atoms with van der Waals surface area (Å²) in [5.41, 5.74) is 3.18. The third kappa shape index (κ3) is 4.22. The van der Waals surface area contributed by atoms with Gasteiger partial charge < -0.3 is 10.1 Å². The van der Waals surface area contributed by atoms with Crippen LogP contribution in [0.5, 0.6) is 0 Å². The Hall–Kier alpha value is -2.12.